The molecule has 0 aliphatic carbocycles. The van der Waals surface area contributed by atoms with Gasteiger partial charge < -0.3 is 14.6 Å². The average Bonchev–Trinajstić information content (AvgIpc) is 3.17. The molecule has 1 aliphatic heterocycles. The Morgan fingerprint density at radius 1 is 1.57 bits per heavy atom. The molecule has 0 saturated carbocycles. The van der Waals surface area contributed by atoms with Crippen molar-refractivity contribution < 1.29 is 9.53 Å². The Labute approximate surface area is 140 Å². The second kappa shape index (κ2) is 7.25. The highest BCUT2D eigenvalue weighted by atomic mass is 32.1. The molecule has 7 heteroatoms. The largest absolute Gasteiger partial charge is 0.383 e. The van der Waals surface area contributed by atoms with Crippen LogP contribution in [0.4, 0.5) is 0 Å². The SMILES string of the molecule is COCCNC(=O)[C@@H]1CN(Cc2cccs2)Cc2ncn(C)c21. The summed E-state index contributed by atoms with van der Waals surface area (Å²) in [5, 5.41) is 5.05. The zero-order chi connectivity index (χ0) is 16.2. The normalized spacial score (nSPS) is 17.9. The number of hydrogen-bond acceptors (Lipinski definition) is 5. The van der Waals surface area contributed by atoms with E-state index in [1.54, 1.807) is 24.8 Å². The maximum absolute atomic E-state index is 12.6. The number of hydrogen-bond donors (Lipinski definition) is 1. The summed E-state index contributed by atoms with van der Waals surface area (Å²) >= 11 is 1.75. The Hall–Kier alpha value is -1.70. The second-order valence-corrected chi connectivity index (χ2v) is 6.81. The minimum absolute atomic E-state index is 0.0442. The van der Waals surface area contributed by atoms with E-state index in [4.69, 9.17) is 4.74 Å². The van der Waals surface area contributed by atoms with Crippen LogP contribution in [0.1, 0.15) is 22.2 Å². The Morgan fingerprint density at radius 2 is 2.43 bits per heavy atom. The minimum Gasteiger partial charge on any atom is -0.383 e. The van der Waals surface area contributed by atoms with Gasteiger partial charge in [-0.15, -0.1) is 11.3 Å². The van der Waals surface area contributed by atoms with Crippen LogP contribution in [-0.4, -0.2) is 47.2 Å². The second-order valence-electron chi connectivity index (χ2n) is 5.77. The van der Waals surface area contributed by atoms with Gasteiger partial charge in [0.15, 0.2) is 0 Å². The van der Waals surface area contributed by atoms with Crippen molar-refractivity contribution in [1.82, 2.24) is 19.8 Å². The zero-order valence-electron chi connectivity index (χ0n) is 13.5. The number of aromatic nitrogens is 2. The van der Waals surface area contributed by atoms with Gasteiger partial charge in [0.05, 0.1) is 30.2 Å². The first-order chi connectivity index (χ1) is 11.2. The third-order valence-electron chi connectivity index (χ3n) is 4.09. The van der Waals surface area contributed by atoms with Gasteiger partial charge in [-0.05, 0) is 11.4 Å². The molecule has 1 atom stereocenters. The summed E-state index contributed by atoms with van der Waals surface area (Å²) in [6.45, 7) is 3.41. The molecular formula is C16H22N4O2S. The summed E-state index contributed by atoms with van der Waals surface area (Å²) in [5.74, 6) is -0.147. The number of aryl methyl sites for hydroxylation is 1. The number of carbonyl (C=O) groups is 1. The summed E-state index contributed by atoms with van der Waals surface area (Å²) in [6, 6.07) is 4.19. The lowest BCUT2D eigenvalue weighted by Gasteiger charge is -2.31. The predicted molar refractivity (Wildman–Crippen MR) is 89.3 cm³/mol. The number of ether oxygens (including phenoxy) is 1. The van der Waals surface area contributed by atoms with Gasteiger partial charge in [0.2, 0.25) is 5.91 Å². The van der Waals surface area contributed by atoms with Crippen molar-refractivity contribution in [3.05, 3.63) is 40.1 Å². The lowest BCUT2D eigenvalue weighted by atomic mass is 9.97. The van der Waals surface area contributed by atoms with Crippen molar-refractivity contribution in [3.63, 3.8) is 0 Å². The van der Waals surface area contributed by atoms with Crippen molar-refractivity contribution in [1.29, 1.82) is 0 Å². The Morgan fingerprint density at radius 3 is 3.17 bits per heavy atom. The molecule has 3 rings (SSSR count). The van der Waals surface area contributed by atoms with E-state index in [0.29, 0.717) is 19.7 Å². The van der Waals surface area contributed by atoms with Crippen LogP contribution in [0.2, 0.25) is 0 Å². The van der Waals surface area contributed by atoms with Crippen molar-refractivity contribution in [2.24, 2.45) is 7.05 Å². The van der Waals surface area contributed by atoms with Crippen LogP contribution in [-0.2, 0) is 29.7 Å². The molecular weight excluding hydrogens is 312 g/mol. The summed E-state index contributed by atoms with van der Waals surface area (Å²) in [4.78, 5) is 20.7. The Balaban J connectivity index is 1.76. The number of fused-ring (bicyclic) bond motifs is 1. The van der Waals surface area contributed by atoms with Gasteiger partial charge >= 0.3 is 0 Å². The number of amides is 1. The van der Waals surface area contributed by atoms with Crippen LogP contribution in [0.3, 0.4) is 0 Å². The first-order valence-electron chi connectivity index (χ1n) is 7.70. The molecule has 0 bridgehead atoms. The minimum atomic E-state index is -0.192. The molecule has 0 aromatic carbocycles. The highest BCUT2D eigenvalue weighted by Crippen LogP contribution is 2.29. The molecule has 0 unspecified atom stereocenters. The molecule has 2 aromatic rings. The van der Waals surface area contributed by atoms with Crippen LogP contribution in [0.15, 0.2) is 23.8 Å². The number of carbonyl (C=O) groups excluding carboxylic acids is 1. The van der Waals surface area contributed by atoms with Crippen molar-refractivity contribution in [3.8, 4) is 0 Å². The van der Waals surface area contributed by atoms with Gasteiger partial charge in [0, 0.05) is 45.2 Å². The quantitative estimate of drug-likeness (QED) is 0.810. The fourth-order valence-corrected chi connectivity index (χ4v) is 3.77. The lowest BCUT2D eigenvalue weighted by Crippen LogP contribution is -2.42. The Bertz CT molecular complexity index is 653. The van der Waals surface area contributed by atoms with Gasteiger partial charge in [-0.25, -0.2) is 4.98 Å². The maximum Gasteiger partial charge on any atom is 0.230 e. The molecule has 1 amide bonds. The molecule has 1 N–H and O–H groups in total. The Kier molecular flexibility index (Phi) is 5.09. The number of rotatable bonds is 6. The van der Waals surface area contributed by atoms with Crippen LogP contribution in [0.5, 0.6) is 0 Å². The van der Waals surface area contributed by atoms with Crippen molar-refractivity contribution >= 4 is 17.2 Å². The summed E-state index contributed by atoms with van der Waals surface area (Å²) in [5.41, 5.74) is 2.03. The monoisotopic (exact) mass is 334 g/mol. The summed E-state index contributed by atoms with van der Waals surface area (Å²) in [6.07, 6.45) is 1.80. The molecule has 0 saturated heterocycles. The highest BCUT2D eigenvalue weighted by Gasteiger charge is 2.33. The first kappa shape index (κ1) is 16.2. The van der Waals surface area contributed by atoms with E-state index in [0.717, 1.165) is 24.5 Å². The van der Waals surface area contributed by atoms with E-state index in [-0.39, 0.29) is 11.8 Å². The lowest BCUT2D eigenvalue weighted by molar-refractivity contribution is -0.123. The fraction of sp³-hybridized carbons (Fsp3) is 0.500. The summed E-state index contributed by atoms with van der Waals surface area (Å²) < 4.78 is 6.98. The molecule has 1 aliphatic rings. The molecule has 0 spiro atoms. The molecule has 0 fully saturated rings. The van der Waals surface area contributed by atoms with E-state index in [9.17, 15) is 4.79 Å². The van der Waals surface area contributed by atoms with E-state index in [1.807, 2.05) is 11.6 Å². The third kappa shape index (κ3) is 3.63. The van der Waals surface area contributed by atoms with E-state index in [1.165, 1.54) is 4.88 Å². The van der Waals surface area contributed by atoms with Crippen LogP contribution in [0.25, 0.3) is 0 Å². The molecule has 2 aromatic heterocycles. The molecule has 124 valence electrons. The van der Waals surface area contributed by atoms with Crippen molar-refractivity contribution in [2.45, 2.75) is 19.0 Å². The molecule has 0 radical (unpaired) electrons. The number of nitrogens with zero attached hydrogens (tertiary/aromatic N) is 3. The number of imidazole rings is 1. The van der Waals surface area contributed by atoms with Crippen LogP contribution < -0.4 is 5.32 Å². The topological polar surface area (TPSA) is 59.4 Å². The fourth-order valence-electron chi connectivity index (χ4n) is 3.03. The molecule has 6 nitrogen and oxygen atoms in total. The predicted octanol–water partition coefficient (Wildman–Crippen LogP) is 1.34. The summed E-state index contributed by atoms with van der Waals surface area (Å²) in [7, 11) is 3.59. The van der Waals surface area contributed by atoms with Gasteiger partial charge in [0.25, 0.3) is 0 Å². The number of methoxy groups -OCH3 is 1. The standard InChI is InChI=1S/C16H22N4O2S/c1-19-11-18-14-10-20(8-12-4-3-7-23-12)9-13(15(14)19)16(21)17-5-6-22-2/h3-4,7,11,13H,5-6,8-10H2,1-2H3,(H,17,21)/t13-/m1/s1. The van der Waals surface area contributed by atoms with E-state index < -0.39 is 0 Å². The van der Waals surface area contributed by atoms with Gasteiger partial charge in [-0.1, -0.05) is 6.07 Å². The van der Waals surface area contributed by atoms with Crippen LogP contribution in [0, 0.1) is 0 Å². The van der Waals surface area contributed by atoms with Gasteiger partial charge in [-0.2, -0.15) is 0 Å². The highest BCUT2D eigenvalue weighted by molar-refractivity contribution is 7.09. The average molecular weight is 334 g/mol. The van der Waals surface area contributed by atoms with Crippen molar-refractivity contribution in [2.75, 3.05) is 26.8 Å². The van der Waals surface area contributed by atoms with E-state index >= 15 is 0 Å². The smallest absolute Gasteiger partial charge is 0.230 e. The number of nitrogens with one attached hydrogen (secondary N) is 1. The maximum atomic E-state index is 12.6. The van der Waals surface area contributed by atoms with E-state index in [2.05, 4.69) is 32.7 Å². The third-order valence-corrected chi connectivity index (χ3v) is 4.95. The zero-order valence-corrected chi connectivity index (χ0v) is 14.3. The molecule has 3 heterocycles. The van der Waals surface area contributed by atoms with Crippen LogP contribution >= 0.6 is 11.3 Å². The van der Waals surface area contributed by atoms with Gasteiger partial charge in [-0.3, -0.25) is 9.69 Å². The molecule has 23 heavy (non-hydrogen) atoms. The van der Waals surface area contributed by atoms with Gasteiger partial charge in [0.1, 0.15) is 0 Å². The number of thiophene rings is 1. The first-order valence-corrected chi connectivity index (χ1v) is 8.58.